The van der Waals surface area contributed by atoms with Crippen molar-refractivity contribution in [1.29, 1.82) is 0 Å². The van der Waals surface area contributed by atoms with Gasteiger partial charge in [-0.15, -0.1) is 0 Å². The predicted octanol–water partition coefficient (Wildman–Crippen LogP) is 4.44. The van der Waals surface area contributed by atoms with Crippen molar-refractivity contribution in [2.75, 3.05) is 6.61 Å². The lowest BCUT2D eigenvalue weighted by Crippen LogP contribution is -2.08. The van der Waals surface area contributed by atoms with Crippen molar-refractivity contribution < 1.29 is 9.53 Å². The van der Waals surface area contributed by atoms with Crippen LogP contribution in [0, 0.1) is 0 Å². The van der Waals surface area contributed by atoms with Crippen molar-refractivity contribution >= 4 is 5.78 Å². The number of ketones is 1. The van der Waals surface area contributed by atoms with Gasteiger partial charge < -0.3 is 4.74 Å². The van der Waals surface area contributed by atoms with Crippen LogP contribution in [0.25, 0.3) is 0 Å². The number of hydrogen-bond donors (Lipinski definition) is 0. The predicted molar refractivity (Wildman–Crippen MR) is 86.2 cm³/mol. The minimum Gasteiger partial charge on any atom is -0.493 e. The Hall–Kier alpha value is -2.09. The van der Waals surface area contributed by atoms with Gasteiger partial charge in [-0.05, 0) is 49.1 Å². The van der Waals surface area contributed by atoms with Gasteiger partial charge in [0.25, 0.3) is 0 Å². The normalized spacial score (nSPS) is 10.4. The third-order valence-electron chi connectivity index (χ3n) is 3.64. The summed E-state index contributed by atoms with van der Waals surface area (Å²) in [6.07, 6.45) is 1.78. The maximum absolute atomic E-state index is 12.9. The molecule has 0 amide bonds. The third-order valence-corrected chi connectivity index (χ3v) is 3.64. The SMILES string of the molecule is CCOc1ccccc1C(=O)c1cc(CC)ccc1CC. The number of carbonyl (C=O) groups excluding carboxylic acids is 1. The van der Waals surface area contributed by atoms with Gasteiger partial charge in [0, 0.05) is 5.56 Å². The Morgan fingerprint density at radius 1 is 0.952 bits per heavy atom. The maximum atomic E-state index is 12.9. The zero-order valence-corrected chi connectivity index (χ0v) is 13.0. The van der Waals surface area contributed by atoms with Gasteiger partial charge in [-0.25, -0.2) is 0 Å². The summed E-state index contributed by atoms with van der Waals surface area (Å²) in [5, 5.41) is 0. The Balaban J connectivity index is 2.49. The van der Waals surface area contributed by atoms with E-state index in [1.165, 1.54) is 5.56 Å². The number of para-hydroxylation sites is 1. The van der Waals surface area contributed by atoms with Crippen molar-refractivity contribution in [1.82, 2.24) is 0 Å². The molecular weight excluding hydrogens is 260 g/mol. The molecule has 0 aromatic heterocycles. The van der Waals surface area contributed by atoms with E-state index in [2.05, 4.69) is 26.0 Å². The third kappa shape index (κ3) is 3.33. The van der Waals surface area contributed by atoms with E-state index in [-0.39, 0.29) is 5.78 Å². The second-order valence-electron chi connectivity index (χ2n) is 4.96. The molecule has 110 valence electrons. The molecule has 0 radical (unpaired) electrons. The van der Waals surface area contributed by atoms with E-state index in [9.17, 15) is 4.79 Å². The molecule has 2 aromatic rings. The van der Waals surface area contributed by atoms with Crippen LogP contribution in [-0.4, -0.2) is 12.4 Å². The van der Waals surface area contributed by atoms with Gasteiger partial charge in [0.05, 0.1) is 12.2 Å². The first-order chi connectivity index (χ1) is 10.2. The molecule has 0 heterocycles. The fourth-order valence-electron chi connectivity index (χ4n) is 2.44. The van der Waals surface area contributed by atoms with E-state index in [0.717, 1.165) is 24.0 Å². The standard InChI is InChI=1S/C19H22O2/c1-4-14-11-12-15(5-2)17(13-14)19(20)16-9-7-8-10-18(16)21-6-3/h7-13H,4-6H2,1-3H3. The molecule has 2 rings (SSSR count). The van der Waals surface area contributed by atoms with Crippen molar-refractivity contribution in [3.05, 3.63) is 64.7 Å². The van der Waals surface area contributed by atoms with E-state index in [4.69, 9.17) is 4.74 Å². The number of benzene rings is 2. The Morgan fingerprint density at radius 3 is 2.38 bits per heavy atom. The molecule has 21 heavy (non-hydrogen) atoms. The summed E-state index contributed by atoms with van der Waals surface area (Å²) in [5.74, 6) is 0.708. The summed E-state index contributed by atoms with van der Waals surface area (Å²) in [6.45, 7) is 6.66. The maximum Gasteiger partial charge on any atom is 0.197 e. The number of carbonyl (C=O) groups is 1. The summed E-state index contributed by atoms with van der Waals surface area (Å²) in [5.41, 5.74) is 3.71. The molecule has 0 aliphatic carbocycles. The topological polar surface area (TPSA) is 26.3 Å². The second-order valence-corrected chi connectivity index (χ2v) is 4.96. The van der Waals surface area contributed by atoms with Crippen LogP contribution < -0.4 is 4.74 Å². The van der Waals surface area contributed by atoms with Crippen LogP contribution >= 0.6 is 0 Å². The number of hydrogen-bond acceptors (Lipinski definition) is 2. The molecule has 0 aliphatic rings. The van der Waals surface area contributed by atoms with Gasteiger partial charge in [0.2, 0.25) is 0 Å². The molecule has 0 saturated heterocycles. The van der Waals surface area contributed by atoms with E-state index < -0.39 is 0 Å². The van der Waals surface area contributed by atoms with E-state index >= 15 is 0 Å². The minimum atomic E-state index is 0.0474. The van der Waals surface area contributed by atoms with Crippen LogP contribution in [0.1, 0.15) is 47.8 Å². The molecule has 2 nitrogen and oxygen atoms in total. The summed E-state index contributed by atoms with van der Waals surface area (Å²) >= 11 is 0. The van der Waals surface area contributed by atoms with Gasteiger partial charge in [-0.3, -0.25) is 4.79 Å². The number of rotatable bonds is 6. The average molecular weight is 282 g/mol. The highest BCUT2D eigenvalue weighted by Gasteiger charge is 2.17. The van der Waals surface area contributed by atoms with E-state index in [1.54, 1.807) is 0 Å². The molecule has 0 saturated carbocycles. The summed E-state index contributed by atoms with van der Waals surface area (Å²) in [7, 11) is 0. The highest BCUT2D eigenvalue weighted by molar-refractivity contribution is 6.11. The lowest BCUT2D eigenvalue weighted by Gasteiger charge is -2.12. The van der Waals surface area contributed by atoms with Crippen molar-refractivity contribution in [2.45, 2.75) is 33.6 Å². The van der Waals surface area contributed by atoms with Crippen molar-refractivity contribution in [2.24, 2.45) is 0 Å². The Bertz CT molecular complexity index is 629. The number of aryl methyl sites for hydroxylation is 2. The minimum absolute atomic E-state index is 0.0474. The first-order valence-corrected chi connectivity index (χ1v) is 7.59. The molecule has 0 fully saturated rings. The quantitative estimate of drug-likeness (QED) is 0.732. The fourth-order valence-corrected chi connectivity index (χ4v) is 2.44. The highest BCUT2D eigenvalue weighted by atomic mass is 16.5. The lowest BCUT2D eigenvalue weighted by molar-refractivity contribution is 0.103. The van der Waals surface area contributed by atoms with Crippen LogP contribution in [0.2, 0.25) is 0 Å². The van der Waals surface area contributed by atoms with Crippen LogP contribution in [0.5, 0.6) is 5.75 Å². The number of ether oxygens (including phenoxy) is 1. The molecule has 2 heteroatoms. The van der Waals surface area contributed by atoms with Gasteiger partial charge in [-0.2, -0.15) is 0 Å². The van der Waals surface area contributed by atoms with Crippen LogP contribution in [0.4, 0.5) is 0 Å². The monoisotopic (exact) mass is 282 g/mol. The van der Waals surface area contributed by atoms with E-state index in [0.29, 0.717) is 17.9 Å². The molecule has 0 spiro atoms. The van der Waals surface area contributed by atoms with Crippen molar-refractivity contribution in [3.63, 3.8) is 0 Å². The summed E-state index contributed by atoms with van der Waals surface area (Å²) in [6, 6.07) is 13.6. The van der Waals surface area contributed by atoms with Gasteiger partial charge in [-0.1, -0.05) is 38.1 Å². The van der Waals surface area contributed by atoms with Gasteiger partial charge >= 0.3 is 0 Å². The molecular formula is C19H22O2. The van der Waals surface area contributed by atoms with Crippen LogP contribution in [0.15, 0.2) is 42.5 Å². The highest BCUT2D eigenvalue weighted by Crippen LogP contribution is 2.24. The average Bonchev–Trinajstić information content (AvgIpc) is 2.54. The Morgan fingerprint density at radius 2 is 1.71 bits per heavy atom. The first-order valence-electron chi connectivity index (χ1n) is 7.59. The Labute approximate surface area is 126 Å². The van der Waals surface area contributed by atoms with E-state index in [1.807, 2.05) is 37.3 Å². The second kappa shape index (κ2) is 7.07. The van der Waals surface area contributed by atoms with Crippen LogP contribution in [0.3, 0.4) is 0 Å². The van der Waals surface area contributed by atoms with Gasteiger partial charge in [0.15, 0.2) is 5.78 Å². The first kappa shape index (κ1) is 15.3. The molecule has 0 aliphatic heterocycles. The zero-order chi connectivity index (χ0) is 15.2. The molecule has 0 atom stereocenters. The Kier molecular flexibility index (Phi) is 5.15. The van der Waals surface area contributed by atoms with Crippen LogP contribution in [-0.2, 0) is 12.8 Å². The smallest absolute Gasteiger partial charge is 0.197 e. The van der Waals surface area contributed by atoms with Crippen molar-refractivity contribution in [3.8, 4) is 5.75 Å². The lowest BCUT2D eigenvalue weighted by atomic mass is 9.94. The summed E-state index contributed by atoms with van der Waals surface area (Å²) in [4.78, 5) is 12.9. The molecule has 0 N–H and O–H groups in total. The molecule has 0 bridgehead atoms. The zero-order valence-electron chi connectivity index (χ0n) is 13.0. The largest absolute Gasteiger partial charge is 0.493 e. The fraction of sp³-hybridized carbons (Fsp3) is 0.316. The van der Waals surface area contributed by atoms with Gasteiger partial charge in [0.1, 0.15) is 5.75 Å². The molecule has 2 aromatic carbocycles. The summed E-state index contributed by atoms with van der Waals surface area (Å²) < 4.78 is 5.59. The molecule has 0 unspecified atom stereocenters.